The van der Waals surface area contributed by atoms with Crippen molar-refractivity contribution in [1.29, 1.82) is 0 Å². The highest BCUT2D eigenvalue weighted by Crippen LogP contribution is 2.29. The van der Waals surface area contributed by atoms with Crippen molar-refractivity contribution in [2.45, 2.75) is 13.0 Å². The third kappa shape index (κ3) is 4.96. The Morgan fingerprint density at radius 1 is 1.26 bits per heavy atom. The van der Waals surface area contributed by atoms with Gasteiger partial charge in [0.25, 0.3) is 0 Å². The number of amides is 1. The second-order valence-corrected chi connectivity index (χ2v) is 3.93. The van der Waals surface area contributed by atoms with Gasteiger partial charge in [0.05, 0.1) is 26.8 Å². The van der Waals surface area contributed by atoms with Crippen molar-refractivity contribution in [3.8, 4) is 11.5 Å². The van der Waals surface area contributed by atoms with Crippen molar-refractivity contribution in [2.75, 3.05) is 27.8 Å². The predicted octanol–water partition coefficient (Wildman–Crippen LogP) is 1.52. The monoisotopic (exact) mass is 288 g/mol. The molecule has 0 aliphatic heterocycles. The predicted molar refractivity (Wildman–Crippen MR) is 77.3 cm³/mol. The fourth-order valence-corrected chi connectivity index (χ4v) is 1.66. The number of hydrogen-bond acceptors (Lipinski definition) is 4. The largest absolute Gasteiger partial charge is 0.493 e. The molecule has 1 aromatic carbocycles. The number of likely N-dealkylation sites (N-methyl/N-ethyl adjacent to an activating group) is 1. The first kappa shape index (κ1) is 17.5. The Morgan fingerprint density at radius 2 is 1.89 bits per heavy atom. The Bertz CT molecular complexity index is 413. The lowest BCUT2D eigenvalue weighted by molar-refractivity contribution is -0.120. The van der Waals surface area contributed by atoms with Crippen molar-refractivity contribution in [3.63, 3.8) is 0 Å². The Balaban J connectivity index is 0.00000324. The van der Waals surface area contributed by atoms with E-state index in [1.807, 2.05) is 25.1 Å². The molecule has 0 bridgehead atoms. The van der Waals surface area contributed by atoms with Crippen molar-refractivity contribution in [1.82, 2.24) is 10.6 Å². The molecule has 0 spiro atoms. The summed E-state index contributed by atoms with van der Waals surface area (Å²) in [6, 6.07) is 5.52. The van der Waals surface area contributed by atoms with Gasteiger partial charge in [-0.1, -0.05) is 6.07 Å². The molecule has 19 heavy (non-hydrogen) atoms. The van der Waals surface area contributed by atoms with Gasteiger partial charge < -0.3 is 20.1 Å². The van der Waals surface area contributed by atoms with Gasteiger partial charge in [-0.25, -0.2) is 0 Å². The molecule has 0 aromatic heterocycles. The van der Waals surface area contributed by atoms with Gasteiger partial charge in [-0.05, 0) is 31.7 Å². The van der Waals surface area contributed by atoms with E-state index in [1.54, 1.807) is 21.3 Å². The lowest BCUT2D eigenvalue weighted by Crippen LogP contribution is -2.33. The summed E-state index contributed by atoms with van der Waals surface area (Å²) < 4.78 is 10.4. The molecule has 1 aromatic rings. The summed E-state index contributed by atoms with van der Waals surface area (Å²) in [4.78, 5) is 11.5. The van der Waals surface area contributed by atoms with Crippen LogP contribution in [0.25, 0.3) is 0 Å². The molecule has 0 aliphatic rings. The molecule has 0 radical (unpaired) electrons. The highest BCUT2D eigenvalue weighted by Gasteiger charge is 2.12. The van der Waals surface area contributed by atoms with Crippen molar-refractivity contribution >= 4 is 18.3 Å². The first-order valence-corrected chi connectivity index (χ1v) is 5.78. The fraction of sp³-hybridized carbons (Fsp3) is 0.462. The van der Waals surface area contributed by atoms with Gasteiger partial charge in [-0.15, -0.1) is 12.4 Å². The maximum absolute atomic E-state index is 11.5. The summed E-state index contributed by atoms with van der Waals surface area (Å²) in [5.74, 6) is 1.29. The van der Waals surface area contributed by atoms with Gasteiger partial charge >= 0.3 is 0 Å². The summed E-state index contributed by atoms with van der Waals surface area (Å²) >= 11 is 0. The number of halogens is 1. The number of carbonyl (C=O) groups is 1. The van der Waals surface area contributed by atoms with Crippen LogP contribution in [0.3, 0.4) is 0 Å². The number of methoxy groups -OCH3 is 2. The third-order valence-electron chi connectivity index (χ3n) is 2.62. The second-order valence-electron chi connectivity index (χ2n) is 3.93. The molecule has 108 valence electrons. The summed E-state index contributed by atoms with van der Waals surface area (Å²) in [6.45, 7) is 2.23. The molecule has 0 heterocycles. The lowest BCUT2D eigenvalue weighted by Gasteiger charge is -2.16. The zero-order valence-corrected chi connectivity index (χ0v) is 12.5. The molecule has 0 saturated carbocycles. The number of rotatable bonds is 6. The summed E-state index contributed by atoms with van der Waals surface area (Å²) in [5, 5.41) is 5.70. The summed E-state index contributed by atoms with van der Waals surface area (Å²) in [5.41, 5.74) is 0.970. The van der Waals surface area contributed by atoms with Crippen molar-refractivity contribution < 1.29 is 14.3 Å². The highest BCUT2D eigenvalue weighted by atomic mass is 35.5. The fourth-order valence-electron chi connectivity index (χ4n) is 1.66. The molecule has 2 N–H and O–H groups in total. The Hall–Kier alpha value is -1.46. The minimum absolute atomic E-state index is 0. The SMILES string of the molecule is CNCC(=O)NC(C)c1ccc(OC)c(OC)c1.Cl. The zero-order valence-electron chi connectivity index (χ0n) is 11.6. The van der Waals surface area contributed by atoms with Gasteiger partial charge in [0.2, 0.25) is 5.91 Å². The molecule has 6 heteroatoms. The molecule has 0 aliphatic carbocycles. The molecular weight excluding hydrogens is 268 g/mol. The van der Waals surface area contributed by atoms with Crippen molar-refractivity contribution in [3.05, 3.63) is 23.8 Å². The Kier molecular flexibility index (Phi) is 7.95. The number of carbonyl (C=O) groups excluding carboxylic acids is 1. The van der Waals surface area contributed by atoms with E-state index in [2.05, 4.69) is 10.6 Å². The first-order chi connectivity index (χ1) is 8.62. The van der Waals surface area contributed by atoms with Crippen LogP contribution in [0.5, 0.6) is 11.5 Å². The number of hydrogen-bond donors (Lipinski definition) is 2. The highest BCUT2D eigenvalue weighted by molar-refractivity contribution is 5.85. The van der Waals surface area contributed by atoms with Crippen LogP contribution in [-0.2, 0) is 4.79 Å². The average molecular weight is 289 g/mol. The quantitative estimate of drug-likeness (QED) is 0.833. The van der Waals surface area contributed by atoms with E-state index in [0.717, 1.165) is 5.56 Å². The normalized spacial score (nSPS) is 11.2. The molecule has 1 amide bonds. The number of ether oxygens (including phenoxy) is 2. The van der Waals surface area contributed by atoms with E-state index < -0.39 is 0 Å². The van der Waals surface area contributed by atoms with Crippen LogP contribution in [-0.4, -0.2) is 33.7 Å². The molecule has 5 nitrogen and oxygen atoms in total. The van der Waals surface area contributed by atoms with Gasteiger partial charge in [0, 0.05) is 0 Å². The van der Waals surface area contributed by atoms with E-state index in [0.29, 0.717) is 18.0 Å². The van der Waals surface area contributed by atoms with Crippen LogP contribution in [0.4, 0.5) is 0 Å². The van der Waals surface area contributed by atoms with Gasteiger partial charge in [0.15, 0.2) is 11.5 Å². The molecular formula is C13H21ClN2O3. The third-order valence-corrected chi connectivity index (χ3v) is 2.62. The van der Waals surface area contributed by atoms with E-state index in [1.165, 1.54) is 0 Å². The number of benzene rings is 1. The zero-order chi connectivity index (χ0) is 13.5. The van der Waals surface area contributed by atoms with Crippen LogP contribution < -0.4 is 20.1 Å². The topological polar surface area (TPSA) is 59.6 Å². The Morgan fingerprint density at radius 3 is 2.42 bits per heavy atom. The van der Waals surface area contributed by atoms with E-state index in [4.69, 9.17) is 9.47 Å². The van der Waals surface area contributed by atoms with E-state index in [9.17, 15) is 4.79 Å². The van der Waals surface area contributed by atoms with Crippen LogP contribution >= 0.6 is 12.4 Å². The first-order valence-electron chi connectivity index (χ1n) is 5.78. The minimum Gasteiger partial charge on any atom is -0.493 e. The molecule has 1 atom stereocenters. The van der Waals surface area contributed by atoms with E-state index in [-0.39, 0.29) is 24.4 Å². The van der Waals surface area contributed by atoms with Crippen LogP contribution in [0.1, 0.15) is 18.5 Å². The van der Waals surface area contributed by atoms with Gasteiger partial charge in [-0.2, -0.15) is 0 Å². The maximum Gasteiger partial charge on any atom is 0.234 e. The van der Waals surface area contributed by atoms with Crippen LogP contribution in [0.15, 0.2) is 18.2 Å². The average Bonchev–Trinajstić information content (AvgIpc) is 2.38. The molecule has 1 rings (SSSR count). The second kappa shape index (κ2) is 8.61. The smallest absolute Gasteiger partial charge is 0.234 e. The summed E-state index contributed by atoms with van der Waals surface area (Å²) in [7, 11) is 4.92. The van der Waals surface area contributed by atoms with Crippen LogP contribution in [0.2, 0.25) is 0 Å². The molecule has 0 fully saturated rings. The Labute approximate surface area is 120 Å². The maximum atomic E-state index is 11.5. The van der Waals surface area contributed by atoms with Gasteiger partial charge in [0.1, 0.15) is 0 Å². The molecule has 1 unspecified atom stereocenters. The van der Waals surface area contributed by atoms with E-state index >= 15 is 0 Å². The summed E-state index contributed by atoms with van der Waals surface area (Å²) in [6.07, 6.45) is 0. The van der Waals surface area contributed by atoms with Crippen molar-refractivity contribution in [2.24, 2.45) is 0 Å². The number of nitrogens with one attached hydrogen (secondary N) is 2. The molecule has 0 saturated heterocycles. The standard InChI is InChI=1S/C13H20N2O3.ClH/c1-9(15-13(16)8-14-2)10-5-6-11(17-3)12(7-10)18-4;/h5-7,9,14H,8H2,1-4H3,(H,15,16);1H. The van der Waals surface area contributed by atoms with Gasteiger partial charge in [-0.3, -0.25) is 4.79 Å². The minimum atomic E-state index is -0.0781. The van der Waals surface area contributed by atoms with Crippen LogP contribution in [0, 0.1) is 0 Å². The lowest BCUT2D eigenvalue weighted by atomic mass is 10.1.